The van der Waals surface area contributed by atoms with Gasteiger partial charge in [0.05, 0.1) is 19.1 Å². The number of nitroso groups, excluding NO2 is 1. The van der Waals surface area contributed by atoms with Crippen molar-refractivity contribution in [3.05, 3.63) is 4.91 Å². The normalized spacial score (nSPS) is 17.8. The molecule has 0 aromatic rings. The number of nitrogens with one attached hydrogen (secondary N) is 1. The molecule has 0 radical (unpaired) electrons. The fourth-order valence-corrected chi connectivity index (χ4v) is 4.11. The lowest BCUT2D eigenvalue weighted by Crippen LogP contribution is -2.61. The Morgan fingerprint density at radius 2 is 1.85 bits per heavy atom. The predicted octanol–water partition coefficient (Wildman–Crippen LogP) is 1.50. The molecule has 4 unspecified atom stereocenters. The minimum atomic E-state index is -1.46. The van der Waals surface area contributed by atoms with Crippen molar-refractivity contribution in [3.8, 4) is 0 Å². The minimum Gasteiger partial charge on any atom is -0.394 e. The van der Waals surface area contributed by atoms with Crippen molar-refractivity contribution in [2.75, 3.05) is 31.7 Å². The molecule has 9 heteroatoms. The first-order valence-corrected chi connectivity index (χ1v) is 10.8. The highest BCUT2D eigenvalue weighted by Gasteiger charge is 2.42. The van der Waals surface area contributed by atoms with Crippen molar-refractivity contribution < 1.29 is 15.0 Å². The summed E-state index contributed by atoms with van der Waals surface area (Å²) in [6.45, 7) is 6.43. The van der Waals surface area contributed by atoms with Gasteiger partial charge in [-0.1, -0.05) is 25.9 Å². The summed E-state index contributed by atoms with van der Waals surface area (Å²) in [4.78, 5) is 23.7. The molecule has 0 saturated carbocycles. The summed E-state index contributed by atoms with van der Waals surface area (Å²) in [5.74, 6) is 0.0663. The third kappa shape index (κ3) is 7.39. The lowest BCUT2D eigenvalue weighted by Gasteiger charge is -2.40. The molecule has 154 valence electrons. The topological polar surface area (TPSA) is 125 Å². The molecule has 0 aliphatic carbocycles. The first kappa shape index (κ1) is 25.7. The average Bonchev–Trinajstić information content (AvgIpc) is 2.63. The number of aliphatic hydroxyl groups excluding tert-OH is 2. The lowest BCUT2D eigenvalue weighted by atomic mass is 9.77. The number of thioether (sulfide) groups is 1. The molecule has 1 amide bonds. The molecule has 7 nitrogen and oxygen atoms in total. The van der Waals surface area contributed by atoms with Crippen LogP contribution in [-0.2, 0) is 4.79 Å². The zero-order chi connectivity index (χ0) is 20.4. The van der Waals surface area contributed by atoms with Crippen LogP contribution in [-0.4, -0.2) is 63.6 Å². The van der Waals surface area contributed by atoms with E-state index in [4.69, 9.17) is 5.73 Å². The molecule has 26 heavy (non-hydrogen) atoms. The highest BCUT2D eigenvalue weighted by atomic mass is 32.2. The number of aliphatic hydroxyl groups is 2. The summed E-state index contributed by atoms with van der Waals surface area (Å²) < 4.78 is -0.127. The van der Waals surface area contributed by atoms with Gasteiger partial charge in [-0.3, -0.25) is 4.79 Å². The van der Waals surface area contributed by atoms with Crippen LogP contribution in [0, 0.1) is 10.8 Å². The Bertz CT molecular complexity index is 450. The number of amides is 1. The number of carbonyl (C=O) groups is 1. The van der Waals surface area contributed by atoms with E-state index < -0.39 is 36.8 Å². The summed E-state index contributed by atoms with van der Waals surface area (Å²) in [5.41, 5.74) is 4.22. The van der Waals surface area contributed by atoms with Gasteiger partial charge in [-0.2, -0.15) is 16.7 Å². The number of carbonyl (C=O) groups excluding carboxylic acids is 1. The van der Waals surface area contributed by atoms with Crippen molar-refractivity contribution in [2.24, 2.45) is 16.8 Å². The Kier molecular flexibility index (Phi) is 11.4. The van der Waals surface area contributed by atoms with E-state index in [1.165, 1.54) is 0 Å². The number of nitrogens with zero attached hydrogens (tertiary/aromatic N) is 1. The maximum Gasteiger partial charge on any atom is 0.225 e. The summed E-state index contributed by atoms with van der Waals surface area (Å²) in [5, 5.41) is 24.6. The van der Waals surface area contributed by atoms with E-state index in [-0.39, 0.29) is 10.7 Å². The van der Waals surface area contributed by atoms with E-state index in [0.29, 0.717) is 12.8 Å². The van der Waals surface area contributed by atoms with Crippen LogP contribution in [0.4, 0.5) is 0 Å². The second-order valence-corrected chi connectivity index (χ2v) is 9.69. The summed E-state index contributed by atoms with van der Waals surface area (Å²) >= 11 is 1.81. The zero-order valence-corrected chi connectivity index (χ0v) is 18.4. The van der Waals surface area contributed by atoms with Crippen molar-refractivity contribution in [1.82, 2.24) is 5.32 Å². The second-order valence-electron chi connectivity index (χ2n) is 7.43. The van der Waals surface area contributed by atoms with Gasteiger partial charge in [0.15, 0.2) is 0 Å². The Morgan fingerprint density at radius 3 is 2.23 bits per heavy atom. The largest absolute Gasteiger partial charge is 0.394 e. The minimum absolute atomic E-state index is 0.127. The van der Waals surface area contributed by atoms with E-state index >= 15 is 0 Å². The van der Waals surface area contributed by atoms with E-state index in [1.807, 2.05) is 25.6 Å². The second kappa shape index (κ2) is 11.5. The molecule has 4 atom stereocenters. The molecule has 0 bridgehead atoms. The van der Waals surface area contributed by atoms with Crippen LogP contribution in [0.3, 0.4) is 0 Å². The van der Waals surface area contributed by atoms with Crippen molar-refractivity contribution in [1.29, 1.82) is 0 Å². The van der Waals surface area contributed by atoms with Gasteiger partial charge in [0, 0.05) is 10.3 Å². The molecule has 0 fully saturated rings. The number of rotatable bonds is 14. The first-order chi connectivity index (χ1) is 12.1. The monoisotopic (exact) mass is 409 g/mol. The fourth-order valence-electron chi connectivity index (χ4n) is 2.65. The highest BCUT2D eigenvalue weighted by molar-refractivity contribution is 8.00. The van der Waals surface area contributed by atoms with E-state index in [1.54, 1.807) is 0 Å². The maximum atomic E-state index is 13.1. The van der Waals surface area contributed by atoms with Crippen LogP contribution < -0.4 is 11.1 Å². The Hall–Kier alpha value is -0.270. The van der Waals surface area contributed by atoms with Gasteiger partial charge in [0.1, 0.15) is 12.1 Å². The zero-order valence-electron chi connectivity index (χ0n) is 16.5. The molecule has 0 aliphatic rings. The van der Waals surface area contributed by atoms with Crippen LogP contribution in [0.25, 0.3) is 0 Å². The maximum absolute atomic E-state index is 13.1. The SMILES string of the molecule is CCC(C)(CC(C(=O)NC(CO)(CO)CN=O)C(C)(N)CC)SCCP. The summed E-state index contributed by atoms with van der Waals surface area (Å²) in [6, 6.07) is 0. The van der Waals surface area contributed by atoms with Gasteiger partial charge < -0.3 is 21.3 Å². The molecule has 0 heterocycles. The van der Waals surface area contributed by atoms with E-state index in [9.17, 15) is 19.9 Å². The van der Waals surface area contributed by atoms with Crippen LogP contribution >= 0.6 is 21.0 Å². The quantitative estimate of drug-likeness (QED) is 0.255. The summed E-state index contributed by atoms with van der Waals surface area (Å²) in [7, 11) is 2.70. The van der Waals surface area contributed by atoms with Gasteiger partial charge >= 0.3 is 0 Å². The average molecular weight is 410 g/mol. The molecular weight excluding hydrogens is 373 g/mol. The highest BCUT2D eigenvalue weighted by Crippen LogP contribution is 2.38. The first-order valence-electron chi connectivity index (χ1n) is 9.05. The molecule has 0 saturated heterocycles. The van der Waals surface area contributed by atoms with Crippen LogP contribution in [0.5, 0.6) is 0 Å². The number of nitrogens with two attached hydrogens (primary N) is 1. The molecule has 0 aromatic carbocycles. The van der Waals surface area contributed by atoms with Gasteiger partial charge in [-0.15, -0.1) is 9.24 Å². The van der Waals surface area contributed by atoms with Crippen molar-refractivity contribution >= 4 is 26.9 Å². The Labute approximate surface area is 163 Å². The predicted molar refractivity (Wildman–Crippen MR) is 112 cm³/mol. The van der Waals surface area contributed by atoms with Gasteiger partial charge in [0.2, 0.25) is 5.91 Å². The molecule has 0 aromatic heterocycles. The number of hydrogen-bond donors (Lipinski definition) is 4. The third-order valence-corrected chi connectivity index (χ3v) is 7.49. The summed E-state index contributed by atoms with van der Waals surface area (Å²) in [6.07, 6.45) is 3.00. The smallest absolute Gasteiger partial charge is 0.225 e. The molecular formula is C17H36N3O4PS. The van der Waals surface area contributed by atoms with Crippen molar-refractivity contribution in [3.63, 3.8) is 0 Å². The lowest BCUT2D eigenvalue weighted by molar-refractivity contribution is -0.130. The van der Waals surface area contributed by atoms with Gasteiger partial charge in [-0.05, 0) is 38.1 Å². The van der Waals surface area contributed by atoms with Crippen LogP contribution in [0.2, 0.25) is 0 Å². The fraction of sp³-hybridized carbons (Fsp3) is 0.941. The van der Waals surface area contributed by atoms with Gasteiger partial charge in [0.25, 0.3) is 0 Å². The van der Waals surface area contributed by atoms with Crippen LogP contribution in [0.15, 0.2) is 5.18 Å². The molecule has 5 N–H and O–H groups in total. The third-order valence-electron chi connectivity index (χ3n) is 5.19. The van der Waals surface area contributed by atoms with Crippen molar-refractivity contribution in [2.45, 2.75) is 62.8 Å². The Morgan fingerprint density at radius 1 is 1.27 bits per heavy atom. The standard InChI is InChI=1S/C17H36N3O4PS/c1-5-15(3,26-8-7-25)9-13(16(4,18)6-2)14(23)20-17(11-21,12-22)10-19-24/h13,21-22H,5-12,18,25H2,1-4H3,(H,20,23). The van der Waals surface area contributed by atoms with Gasteiger partial charge in [-0.25, -0.2) is 0 Å². The molecule has 0 spiro atoms. The number of hydrogen-bond acceptors (Lipinski definition) is 7. The molecule has 0 rings (SSSR count). The molecule has 0 aliphatic heterocycles. The van der Waals surface area contributed by atoms with E-state index in [2.05, 4.69) is 33.6 Å². The van der Waals surface area contributed by atoms with Crippen LogP contribution in [0.1, 0.15) is 47.0 Å². The Balaban J connectivity index is 5.61. The van der Waals surface area contributed by atoms with E-state index in [0.717, 1.165) is 18.3 Å².